The lowest BCUT2D eigenvalue weighted by molar-refractivity contribution is -0.134. The van der Waals surface area contributed by atoms with Crippen LogP contribution in [0.1, 0.15) is 19.8 Å². The summed E-state index contributed by atoms with van der Waals surface area (Å²) in [6.45, 7) is 4.10. The summed E-state index contributed by atoms with van der Waals surface area (Å²) in [6, 6.07) is 1.81. The monoisotopic (exact) mass is 250 g/mol. The average molecular weight is 250 g/mol. The molecule has 1 unspecified atom stereocenters. The number of piperidine rings is 1. The number of aliphatic carboxylic acids is 1. The molecule has 0 amide bonds. The predicted octanol–water partition coefficient (Wildman–Crippen LogP) is 1.21. The van der Waals surface area contributed by atoms with E-state index in [2.05, 4.69) is 27.1 Å². The smallest absolute Gasteiger partial charge is 0.322 e. The Kier molecular flexibility index (Phi) is 3.96. The van der Waals surface area contributed by atoms with Gasteiger partial charge in [0.25, 0.3) is 0 Å². The maximum Gasteiger partial charge on any atom is 0.322 e. The van der Waals surface area contributed by atoms with Gasteiger partial charge in [-0.05, 0) is 18.8 Å². The highest BCUT2D eigenvalue weighted by atomic mass is 16.4. The summed E-state index contributed by atoms with van der Waals surface area (Å²) in [6.07, 6.45) is 3.90. The molecule has 1 atom stereocenters. The van der Waals surface area contributed by atoms with Crippen LogP contribution in [0.15, 0.2) is 12.4 Å². The maximum absolute atomic E-state index is 10.5. The number of carboxylic acids is 1. The van der Waals surface area contributed by atoms with E-state index in [9.17, 15) is 4.79 Å². The third kappa shape index (κ3) is 3.32. The van der Waals surface area contributed by atoms with Crippen molar-refractivity contribution >= 4 is 17.6 Å². The zero-order valence-corrected chi connectivity index (χ0v) is 10.5. The van der Waals surface area contributed by atoms with E-state index in [4.69, 9.17) is 5.11 Å². The van der Waals surface area contributed by atoms with Gasteiger partial charge in [0.05, 0.1) is 0 Å². The standard InChI is InChI=1S/C12H18N4O2/c1-9-3-2-4-16(7-9)11-5-10(14-8-15-11)13-6-12(17)18/h5,8-9H,2-4,6-7H2,1H3,(H,17,18)(H,13,14,15). The molecule has 1 aliphatic rings. The fraction of sp³-hybridized carbons (Fsp3) is 0.583. The minimum absolute atomic E-state index is 0.132. The second-order valence-corrected chi connectivity index (χ2v) is 4.70. The second kappa shape index (κ2) is 5.66. The Labute approximate surface area is 106 Å². The first kappa shape index (κ1) is 12.6. The van der Waals surface area contributed by atoms with Gasteiger partial charge in [-0.25, -0.2) is 9.97 Å². The van der Waals surface area contributed by atoms with Gasteiger partial charge in [0.2, 0.25) is 0 Å². The van der Waals surface area contributed by atoms with Crippen LogP contribution in [-0.4, -0.2) is 40.7 Å². The van der Waals surface area contributed by atoms with Crippen LogP contribution in [0.2, 0.25) is 0 Å². The van der Waals surface area contributed by atoms with Crippen molar-refractivity contribution < 1.29 is 9.90 Å². The Hall–Kier alpha value is -1.85. The molecule has 0 bridgehead atoms. The topological polar surface area (TPSA) is 78.4 Å². The zero-order valence-electron chi connectivity index (χ0n) is 10.5. The molecule has 1 saturated heterocycles. The largest absolute Gasteiger partial charge is 0.480 e. The van der Waals surface area contributed by atoms with E-state index in [-0.39, 0.29) is 6.54 Å². The van der Waals surface area contributed by atoms with Crippen molar-refractivity contribution in [2.75, 3.05) is 29.9 Å². The quantitative estimate of drug-likeness (QED) is 0.836. The molecular formula is C12H18N4O2. The highest BCUT2D eigenvalue weighted by Crippen LogP contribution is 2.22. The molecule has 0 aliphatic carbocycles. The van der Waals surface area contributed by atoms with Crippen LogP contribution in [-0.2, 0) is 4.79 Å². The summed E-state index contributed by atoms with van der Waals surface area (Å²) >= 11 is 0. The van der Waals surface area contributed by atoms with Crippen LogP contribution in [0.3, 0.4) is 0 Å². The van der Waals surface area contributed by atoms with E-state index in [1.165, 1.54) is 19.2 Å². The van der Waals surface area contributed by atoms with Crippen molar-refractivity contribution in [3.8, 4) is 0 Å². The fourth-order valence-corrected chi connectivity index (χ4v) is 2.18. The van der Waals surface area contributed by atoms with Crippen molar-refractivity contribution in [3.05, 3.63) is 12.4 Å². The van der Waals surface area contributed by atoms with Crippen molar-refractivity contribution in [1.82, 2.24) is 9.97 Å². The van der Waals surface area contributed by atoms with Gasteiger partial charge >= 0.3 is 5.97 Å². The molecule has 6 heteroatoms. The SMILES string of the molecule is CC1CCCN(c2cc(NCC(=O)O)ncn2)C1. The van der Waals surface area contributed by atoms with Gasteiger partial charge < -0.3 is 15.3 Å². The predicted molar refractivity (Wildman–Crippen MR) is 68.8 cm³/mol. The number of hydrogen-bond acceptors (Lipinski definition) is 5. The number of rotatable bonds is 4. The van der Waals surface area contributed by atoms with Crippen LogP contribution in [0.5, 0.6) is 0 Å². The van der Waals surface area contributed by atoms with E-state index in [0.29, 0.717) is 11.7 Å². The molecule has 0 saturated carbocycles. The van der Waals surface area contributed by atoms with E-state index in [0.717, 1.165) is 18.9 Å². The van der Waals surface area contributed by atoms with Gasteiger partial charge in [-0.1, -0.05) is 6.92 Å². The zero-order chi connectivity index (χ0) is 13.0. The molecule has 1 fully saturated rings. The van der Waals surface area contributed by atoms with Crippen LogP contribution in [0.4, 0.5) is 11.6 Å². The minimum atomic E-state index is -0.901. The van der Waals surface area contributed by atoms with Gasteiger partial charge in [0.1, 0.15) is 24.5 Å². The minimum Gasteiger partial charge on any atom is -0.480 e. The third-order valence-electron chi connectivity index (χ3n) is 3.05. The Morgan fingerprint density at radius 1 is 1.61 bits per heavy atom. The van der Waals surface area contributed by atoms with E-state index < -0.39 is 5.97 Å². The molecule has 0 radical (unpaired) electrons. The Morgan fingerprint density at radius 3 is 3.17 bits per heavy atom. The van der Waals surface area contributed by atoms with Crippen LogP contribution in [0, 0.1) is 5.92 Å². The molecule has 2 rings (SSSR count). The summed E-state index contributed by atoms with van der Waals surface area (Å²) in [7, 11) is 0. The lowest BCUT2D eigenvalue weighted by atomic mass is 10.0. The number of hydrogen-bond donors (Lipinski definition) is 2. The molecular weight excluding hydrogens is 232 g/mol. The summed E-state index contributed by atoms with van der Waals surface area (Å²) in [5, 5.41) is 11.4. The number of aromatic nitrogens is 2. The van der Waals surface area contributed by atoms with Crippen LogP contribution < -0.4 is 10.2 Å². The lowest BCUT2D eigenvalue weighted by Gasteiger charge is -2.31. The number of nitrogens with one attached hydrogen (secondary N) is 1. The number of carboxylic acid groups (broad SMARTS) is 1. The molecule has 98 valence electrons. The van der Waals surface area contributed by atoms with E-state index in [1.807, 2.05) is 0 Å². The van der Waals surface area contributed by atoms with Crippen molar-refractivity contribution in [1.29, 1.82) is 0 Å². The molecule has 0 spiro atoms. The summed E-state index contributed by atoms with van der Waals surface area (Å²) in [4.78, 5) is 21.0. The molecule has 2 N–H and O–H groups in total. The molecule has 1 aromatic rings. The van der Waals surface area contributed by atoms with E-state index in [1.54, 1.807) is 6.07 Å². The number of carbonyl (C=O) groups is 1. The van der Waals surface area contributed by atoms with Crippen molar-refractivity contribution in [2.45, 2.75) is 19.8 Å². The average Bonchev–Trinajstić information content (AvgIpc) is 2.37. The Balaban J connectivity index is 2.04. The van der Waals surface area contributed by atoms with Gasteiger partial charge in [0.15, 0.2) is 0 Å². The Bertz CT molecular complexity index is 424. The first-order valence-corrected chi connectivity index (χ1v) is 6.18. The highest BCUT2D eigenvalue weighted by molar-refractivity contribution is 5.72. The molecule has 1 aromatic heterocycles. The molecule has 1 aliphatic heterocycles. The Morgan fingerprint density at radius 2 is 2.44 bits per heavy atom. The molecule has 6 nitrogen and oxygen atoms in total. The normalized spacial score (nSPS) is 19.6. The molecule has 2 heterocycles. The molecule has 18 heavy (non-hydrogen) atoms. The summed E-state index contributed by atoms with van der Waals surface area (Å²) in [5.74, 6) is 1.19. The van der Waals surface area contributed by atoms with Crippen molar-refractivity contribution in [2.24, 2.45) is 5.92 Å². The highest BCUT2D eigenvalue weighted by Gasteiger charge is 2.17. The van der Waals surface area contributed by atoms with Crippen molar-refractivity contribution in [3.63, 3.8) is 0 Å². The van der Waals surface area contributed by atoms with Crippen LogP contribution >= 0.6 is 0 Å². The first-order valence-electron chi connectivity index (χ1n) is 6.18. The third-order valence-corrected chi connectivity index (χ3v) is 3.05. The van der Waals surface area contributed by atoms with Crippen LogP contribution in [0.25, 0.3) is 0 Å². The fourth-order valence-electron chi connectivity index (χ4n) is 2.18. The van der Waals surface area contributed by atoms with Gasteiger partial charge in [0, 0.05) is 19.2 Å². The number of nitrogens with zero attached hydrogens (tertiary/aromatic N) is 3. The first-order chi connectivity index (χ1) is 8.65. The maximum atomic E-state index is 10.5. The number of anilines is 2. The van der Waals surface area contributed by atoms with Gasteiger partial charge in [-0.3, -0.25) is 4.79 Å². The summed E-state index contributed by atoms with van der Waals surface area (Å²) in [5.41, 5.74) is 0. The summed E-state index contributed by atoms with van der Waals surface area (Å²) < 4.78 is 0. The van der Waals surface area contributed by atoms with Gasteiger partial charge in [-0.2, -0.15) is 0 Å². The lowest BCUT2D eigenvalue weighted by Crippen LogP contribution is -2.34. The van der Waals surface area contributed by atoms with E-state index >= 15 is 0 Å². The molecule has 0 aromatic carbocycles. The van der Waals surface area contributed by atoms with Gasteiger partial charge in [-0.15, -0.1) is 0 Å². The second-order valence-electron chi connectivity index (χ2n) is 4.70.